The van der Waals surface area contributed by atoms with Crippen molar-refractivity contribution in [3.8, 4) is 0 Å². The number of benzene rings is 1. The Bertz CT molecular complexity index is 600. The summed E-state index contributed by atoms with van der Waals surface area (Å²) in [5.74, 6) is -0.387. The van der Waals surface area contributed by atoms with Gasteiger partial charge in [-0.25, -0.2) is 9.78 Å². The third-order valence-electron chi connectivity index (χ3n) is 2.50. The molecule has 19 heavy (non-hydrogen) atoms. The molecule has 2 rings (SSSR count). The van der Waals surface area contributed by atoms with Gasteiger partial charge in [-0.1, -0.05) is 0 Å². The molecule has 0 fully saturated rings. The number of hydrogen-bond acceptors (Lipinski definition) is 6. The second kappa shape index (κ2) is 6.03. The summed E-state index contributed by atoms with van der Waals surface area (Å²) >= 11 is 4.90. The van der Waals surface area contributed by atoms with Crippen molar-refractivity contribution in [2.24, 2.45) is 0 Å². The number of nitrogen functional groups attached to an aromatic ring is 1. The third-order valence-corrected chi connectivity index (χ3v) is 4.28. The molecule has 5 nitrogen and oxygen atoms in total. The highest BCUT2D eigenvalue weighted by atomic mass is 79.9. The number of ether oxygens (including phenoxy) is 1. The number of nitrogens with one attached hydrogen (secondary N) is 1. The van der Waals surface area contributed by atoms with Gasteiger partial charge in [0.05, 0.1) is 41.0 Å². The smallest absolute Gasteiger partial charge is 0.337 e. The Kier molecular flexibility index (Phi) is 4.39. The van der Waals surface area contributed by atoms with Crippen LogP contribution in [0, 0.1) is 0 Å². The minimum absolute atomic E-state index is 0.387. The van der Waals surface area contributed by atoms with Gasteiger partial charge in [0.2, 0.25) is 0 Å². The fourth-order valence-corrected chi connectivity index (χ4v) is 2.75. The summed E-state index contributed by atoms with van der Waals surface area (Å²) in [4.78, 5) is 16.6. The minimum atomic E-state index is -0.387. The van der Waals surface area contributed by atoms with Gasteiger partial charge in [-0.2, -0.15) is 0 Å². The molecule has 0 saturated heterocycles. The molecule has 0 aliphatic carbocycles. The molecule has 0 unspecified atom stereocenters. The maximum absolute atomic E-state index is 11.5. The quantitative estimate of drug-likeness (QED) is 0.660. The maximum atomic E-state index is 11.5. The van der Waals surface area contributed by atoms with Gasteiger partial charge in [0, 0.05) is 0 Å². The molecule has 0 bridgehead atoms. The molecular formula is C12H12BrN3O2S. The number of methoxy groups -OCH3 is 1. The van der Waals surface area contributed by atoms with Gasteiger partial charge in [0.15, 0.2) is 0 Å². The van der Waals surface area contributed by atoms with Gasteiger partial charge in [0.25, 0.3) is 0 Å². The van der Waals surface area contributed by atoms with Gasteiger partial charge in [-0.3, -0.25) is 0 Å². The summed E-state index contributed by atoms with van der Waals surface area (Å²) in [7, 11) is 1.35. The van der Waals surface area contributed by atoms with Crippen molar-refractivity contribution in [3.05, 3.63) is 38.8 Å². The van der Waals surface area contributed by atoms with Gasteiger partial charge in [-0.05, 0) is 34.1 Å². The maximum Gasteiger partial charge on any atom is 0.337 e. The first-order chi connectivity index (χ1) is 9.11. The van der Waals surface area contributed by atoms with Crippen LogP contribution in [-0.4, -0.2) is 18.1 Å². The van der Waals surface area contributed by atoms with E-state index in [1.54, 1.807) is 23.7 Å². The molecule has 1 aromatic carbocycles. The summed E-state index contributed by atoms with van der Waals surface area (Å²) in [6.07, 6.45) is 0. The summed E-state index contributed by atoms with van der Waals surface area (Å²) in [6, 6.07) is 4.99. The van der Waals surface area contributed by atoms with Crippen LogP contribution in [0.3, 0.4) is 0 Å². The van der Waals surface area contributed by atoms with Gasteiger partial charge < -0.3 is 15.8 Å². The molecule has 0 saturated carbocycles. The average Bonchev–Trinajstić information content (AvgIpc) is 2.82. The van der Waals surface area contributed by atoms with Crippen LogP contribution >= 0.6 is 27.3 Å². The van der Waals surface area contributed by atoms with Crippen LogP contribution in [0.2, 0.25) is 0 Å². The summed E-state index contributed by atoms with van der Waals surface area (Å²) < 4.78 is 5.49. The van der Waals surface area contributed by atoms with Gasteiger partial charge >= 0.3 is 5.97 Å². The number of halogens is 1. The number of nitrogens with two attached hydrogens (primary N) is 1. The predicted molar refractivity (Wildman–Crippen MR) is 79.3 cm³/mol. The number of rotatable bonds is 4. The van der Waals surface area contributed by atoms with E-state index in [4.69, 9.17) is 5.73 Å². The Hall–Kier alpha value is -1.60. The SMILES string of the molecule is COC(=O)c1ccc(N)c(NCc2scnc2Br)c1. The molecular weight excluding hydrogens is 330 g/mol. The molecule has 2 aromatic rings. The van der Waals surface area contributed by atoms with Gasteiger partial charge in [0.1, 0.15) is 4.60 Å². The molecule has 0 amide bonds. The number of anilines is 2. The lowest BCUT2D eigenvalue weighted by Gasteiger charge is -2.10. The molecule has 0 atom stereocenters. The number of esters is 1. The average molecular weight is 342 g/mol. The summed E-state index contributed by atoms with van der Waals surface area (Å²) in [5.41, 5.74) is 9.36. The topological polar surface area (TPSA) is 77.2 Å². The molecule has 7 heteroatoms. The van der Waals surface area contributed by atoms with E-state index in [0.717, 1.165) is 9.48 Å². The first kappa shape index (κ1) is 13.8. The van der Waals surface area contributed by atoms with Crippen molar-refractivity contribution >= 4 is 44.6 Å². The number of nitrogens with zero attached hydrogens (tertiary/aromatic N) is 1. The van der Waals surface area contributed by atoms with Crippen molar-refractivity contribution in [3.63, 3.8) is 0 Å². The van der Waals surface area contributed by atoms with E-state index in [1.807, 2.05) is 0 Å². The highest BCUT2D eigenvalue weighted by molar-refractivity contribution is 9.10. The monoisotopic (exact) mass is 341 g/mol. The number of hydrogen-bond donors (Lipinski definition) is 2. The lowest BCUT2D eigenvalue weighted by Crippen LogP contribution is -2.06. The minimum Gasteiger partial charge on any atom is -0.465 e. The first-order valence-corrected chi connectivity index (χ1v) is 7.08. The Morgan fingerprint density at radius 3 is 3.00 bits per heavy atom. The Morgan fingerprint density at radius 2 is 2.37 bits per heavy atom. The lowest BCUT2D eigenvalue weighted by molar-refractivity contribution is 0.0601. The van der Waals surface area contributed by atoms with Crippen molar-refractivity contribution in [1.29, 1.82) is 0 Å². The molecule has 1 aromatic heterocycles. The van der Waals surface area contributed by atoms with Gasteiger partial charge in [-0.15, -0.1) is 11.3 Å². The summed E-state index contributed by atoms with van der Waals surface area (Å²) in [6.45, 7) is 0.583. The van der Waals surface area contributed by atoms with Crippen LogP contribution < -0.4 is 11.1 Å². The Balaban J connectivity index is 2.15. The van der Waals surface area contributed by atoms with Crippen LogP contribution in [-0.2, 0) is 11.3 Å². The van der Waals surface area contributed by atoms with E-state index in [2.05, 4.69) is 31.0 Å². The van der Waals surface area contributed by atoms with Crippen molar-refractivity contribution in [1.82, 2.24) is 4.98 Å². The van der Waals surface area contributed by atoms with Crippen LogP contribution in [0.15, 0.2) is 28.3 Å². The standard InChI is InChI=1S/C12H12BrN3O2S/c1-18-12(17)7-2-3-8(14)9(4-7)15-5-10-11(13)16-6-19-10/h2-4,6,15H,5,14H2,1H3. The molecule has 1 heterocycles. The van der Waals surface area contributed by atoms with E-state index in [-0.39, 0.29) is 5.97 Å². The zero-order valence-corrected chi connectivity index (χ0v) is 12.5. The van der Waals surface area contributed by atoms with Crippen LogP contribution in [0.25, 0.3) is 0 Å². The molecule has 0 spiro atoms. The van der Waals surface area contributed by atoms with Crippen molar-refractivity contribution in [2.75, 3.05) is 18.2 Å². The predicted octanol–water partition coefficient (Wildman–Crippen LogP) is 2.89. The number of thiazole rings is 1. The van der Waals surface area contributed by atoms with Crippen molar-refractivity contribution in [2.45, 2.75) is 6.54 Å². The lowest BCUT2D eigenvalue weighted by atomic mass is 10.1. The molecule has 0 aliphatic heterocycles. The molecule has 100 valence electrons. The molecule has 0 radical (unpaired) electrons. The second-order valence-electron chi connectivity index (χ2n) is 3.71. The largest absolute Gasteiger partial charge is 0.465 e. The van der Waals surface area contributed by atoms with Crippen LogP contribution in [0.1, 0.15) is 15.2 Å². The van der Waals surface area contributed by atoms with Crippen LogP contribution in [0.4, 0.5) is 11.4 Å². The summed E-state index contributed by atoms with van der Waals surface area (Å²) in [5, 5.41) is 3.18. The number of aromatic nitrogens is 1. The van der Waals surface area contributed by atoms with Crippen LogP contribution in [0.5, 0.6) is 0 Å². The highest BCUT2D eigenvalue weighted by Gasteiger charge is 2.09. The van der Waals surface area contributed by atoms with E-state index >= 15 is 0 Å². The Morgan fingerprint density at radius 1 is 1.58 bits per heavy atom. The van der Waals surface area contributed by atoms with E-state index in [0.29, 0.717) is 23.5 Å². The molecule has 3 N–H and O–H groups in total. The zero-order chi connectivity index (χ0) is 13.8. The fourth-order valence-electron chi connectivity index (χ4n) is 1.50. The van der Waals surface area contributed by atoms with E-state index < -0.39 is 0 Å². The zero-order valence-electron chi connectivity index (χ0n) is 10.1. The Labute approximate surface area is 122 Å². The highest BCUT2D eigenvalue weighted by Crippen LogP contribution is 2.24. The van der Waals surface area contributed by atoms with E-state index in [1.165, 1.54) is 18.4 Å². The second-order valence-corrected chi connectivity index (χ2v) is 5.40. The van der Waals surface area contributed by atoms with Crippen molar-refractivity contribution < 1.29 is 9.53 Å². The normalized spacial score (nSPS) is 10.2. The number of carbonyl (C=O) groups is 1. The van der Waals surface area contributed by atoms with E-state index in [9.17, 15) is 4.79 Å². The third kappa shape index (κ3) is 3.24. The molecule has 0 aliphatic rings. The first-order valence-electron chi connectivity index (χ1n) is 5.41. The number of carbonyl (C=O) groups excluding carboxylic acids is 1. The fraction of sp³-hybridized carbons (Fsp3) is 0.167.